The first-order chi connectivity index (χ1) is 4.54. The van der Waals surface area contributed by atoms with Crippen molar-refractivity contribution in [3.63, 3.8) is 0 Å². The van der Waals surface area contributed by atoms with Crippen LogP contribution in [0.3, 0.4) is 0 Å². The second kappa shape index (κ2) is 6.25. The molecular formula is C5H6O5Zn. The maximum absolute atomic E-state index is 9.74. The Bertz CT molecular complexity index is 146. The van der Waals surface area contributed by atoms with Crippen molar-refractivity contribution in [2.24, 2.45) is 0 Å². The van der Waals surface area contributed by atoms with E-state index in [1.165, 1.54) is 0 Å². The molecule has 0 aromatic rings. The second-order valence-electron chi connectivity index (χ2n) is 1.75. The summed E-state index contributed by atoms with van der Waals surface area (Å²) in [5, 5.41) is 27.9. The van der Waals surface area contributed by atoms with Crippen LogP contribution >= 0.6 is 0 Å². The van der Waals surface area contributed by atoms with Gasteiger partial charge in [-0.3, -0.25) is 0 Å². The van der Waals surface area contributed by atoms with Crippen molar-refractivity contribution < 1.29 is 44.4 Å². The molecule has 11 heavy (non-hydrogen) atoms. The summed E-state index contributed by atoms with van der Waals surface area (Å²) in [6.07, 6.45) is -2.56. The van der Waals surface area contributed by atoms with E-state index >= 15 is 0 Å². The third-order valence-electron chi connectivity index (χ3n) is 0.894. The number of aliphatic hydroxyl groups excluding tert-OH is 1. The molecule has 0 radical (unpaired) electrons. The Morgan fingerprint density at radius 3 is 2.09 bits per heavy atom. The summed E-state index contributed by atoms with van der Waals surface area (Å²) in [6.45, 7) is 0. The van der Waals surface area contributed by atoms with Gasteiger partial charge in [-0.15, -0.1) is 0 Å². The van der Waals surface area contributed by atoms with Crippen molar-refractivity contribution in [1.82, 2.24) is 0 Å². The number of carboxylic acid groups (broad SMARTS) is 2. The van der Waals surface area contributed by atoms with Gasteiger partial charge in [-0.05, 0) is 12.8 Å². The van der Waals surface area contributed by atoms with Crippen molar-refractivity contribution in [3.8, 4) is 0 Å². The first-order valence-electron chi connectivity index (χ1n) is 2.63. The molecule has 0 saturated heterocycles. The van der Waals surface area contributed by atoms with E-state index in [9.17, 15) is 19.8 Å². The molecule has 0 rings (SSSR count). The third kappa shape index (κ3) is 7.42. The van der Waals surface area contributed by atoms with Gasteiger partial charge in [0.05, 0.1) is 12.1 Å². The summed E-state index contributed by atoms with van der Waals surface area (Å²) in [6, 6.07) is 0. The monoisotopic (exact) mass is 210 g/mol. The summed E-state index contributed by atoms with van der Waals surface area (Å²) in [5.74, 6) is -3.05. The number of carboxylic acids is 2. The normalized spacial score (nSPS) is 11.4. The zero-order valence-corrected chi connectivity index (χ0v) is 8.75. The Morgan fingerprint density at radius 2 is 1.82 bits per heavy atom. The van der Waals surface area contributed by atoms with Crippen molar-refractivity contribution in [2.75, 3.05) is 0 Å². The molecule has 0 aliphatic carbocycles. The van der Waals surface area contributed by atoms with E-state index in [-0.39, 0.29) is 25.9 Å². The zero-order valence-electron chi connectivity index (χ0n) is 5.78. The molecule has 0 heterocycles. The molecule has 0 fully saturated rings. The number of hydrogen-bond donors (Lipinski definition) is 1. The van der Waals surface area contributed by atoms with E-state index in [1.807, 2.05) is 0 Å². The fraction of sp³-hybridized carbons (Fsp3) is 0.600. The predicted octanol–water partition coefficient (Wildman–Crippen LogP) is -3.38. The minimum Gasteiger partial charge on any atom is -0.550 e. The number of aliphatic hydroxyl groups is 1. The first kappa shape index (κ1) is 13.1. The van der Waals surface area contributed by atoms with Gasteiger partial charge in [0.1, 0.15) is 0 Å². The van der Waals surface area contributed by atoms with Crippen molar-refractivity contribution in [2.45, 2.75) is 18.9 Å². The summed E-state index contributed by atoms with van der Waals surface area (Å²) in [4.78, 5) is 19.4. The van der Waals surface area contributed by atoms with E-state index in [2.05, 4.69) is 0 Å². The summed E-state index contributed by atoms with van der Waals surface area (Å²) < 4.78 is 0. The molecule has 0 saturated carbocycles. The third-order valence-corrected chi connectivity index (χ3v) is 0.894. The standard InChI is InChI=1S/C5H8O5.Zn/c6-3(5(9)10)1-2-4(7)8;/h3,6H,1-2H2,(H,7,8)(H,9,10);/q;+2/p-2. The molecule has 0 aliphatic rings. The molecule has 1 atom stereocenters. The quantitative estimate of drug-likeness (QED) is 0.489. The van der Waals surface area contributed by atoms with Crippen LogP contribution < -0.4 is 10.2 Å². The molecule has 0 aliphatic heterocycles. The predicted molar refractivity (Wildman–Crippen MR) is 25.3 cm³/mol. The molecule has 0 aromatic carbocycles. The van der Waals surface area contributed by atoms with Crippen LogP contribution in [-0.2, 0) is 29.1 Å². The smallest absolute Gasteiger partial charge is 0.550 e. The minimum atomic E-state index is -1.71. The van der Waals surface area contributed by atoms with Crippen LogP contribution in [0.2, 0.25) is 0 Å². The van der Waals surface area contributed by atoms with E-state index in [0.29, 0.717) is 0 Å². The van der Waals surface area contributed by atoms with Crippen LogP contribution in [0.15, 0.2) is 0 Å². The van der Waals surface area contributed by atoms with Gasteiger partial charge >= 0.3 is 19.5 Å². The van der Waals surface area contributed by atoms with E-state index in [0.717, 1.165) is 0 Å². The topological polar surface area (TPSA) is 100 Å². The Hall–Kier alpha value is -0.477. The number of hydrogen-bond acceptors (Lipinski definition) is 5. The average molecular weight is 211 g/mol. The number of carbonyl (C=O) groups excluding carboxylic acids is 2. The molecule has 0 spiro atoms. The van der Waals surface area contributed by atoms with Gasteiger partial charge in [-0.2, -0.15) is 0 Å². The molecule has 0 bridgehead atoms. The Labute approximate surface area is 75.8 Å². The molecule has 0 aromatic heterocycles. The van der Waals surface area contributed by atoms with Crippen molar-refractivity contribution in [3.05, 3.63) is 0 Å². The molecule has 58 valence electrons. The van der Waals surface area contributed by atoms with E-state index in [1.54, 1.807) is 0 Å². The van der Waals surface area contributed by atoms with Gasteiger partial charge in [0, 0.05) is 5.97 Å². The van der Waals surface area contributed by atoms with Crippen LogP contribution in [0.5, 0.6) is 0 Å². The maximum atomic E-state index is 9.74. The van der Waals surface area contributed by atoms with E-state index < -0.39 is 24.5 Å². The first-order valence-corrected chi connectivity index (χ1v) is 2.63. The molecular weight excluding hydrogens is 205 g/mol. The Kier molecular flexibility index (Phi) is 7.46. The number of aliphatic carboxylic acids is 2. The number of rotatable bonds is 4. The van der Waals surface area contributed by atoms with Gasteiger partial charge in [-0.25, -0.2) is 0 Å². The SMILES string of the molecule is O=C([O-])CCC(O)C(=O)[O-].[Zn+2]. The molecule has 5 nitrogen and oxygen atoms in total. The summed E-state index contributed by atoms with van der Waals surface area (Å²) >= 11 is 0. The molecule has 1 unspecified atom stereocenters. The number of carbonyl (C=O) groups is 2. The second-order valence-corrected chi connectivity index (χ2v) is 1.75. The summed E-state index contributed by atoms with van der Waals surface area (Å²) in [5.41, 5.74) is 0. The average Bonchev–Trinajstić information content (AvgIpc) is 1.82. The van der Waals surface area contributed by atoms with Crippen molar-refractivity contribution in [1.29, 1.82) is 0 Å². The minimum absolute atomic E-state index is 0. The Balaban J connectivity index is 0. The van der Waals surface area contributed by atoms with Crippen LogP contribution in [0.4, 0.5) is 0 Å². The largest absolute Gasteiger partial charge is 2.00 e. The van der Waals surface area contributed by atoms with Gasteiger partial charge in [0.25, 0.3) is 0 Å². The van der Waals surface area contributed by atoms with Crippen LogP contribution in [0.25, 0.3) is 0 Å². The van der Waals surface area contributed by atoms with Gasteiger partial charge in [0.15, 0.2) is 0 Å². The zero-order chi connectivity index (χ0) is 8.15. The molecule has 0 amide bonds. The molecule has 1 N–H and O–H groups in total. The van der Waals surface area contributed by atoms with Crippen LogP contribution in [0.1, 0.15) is 12.8 Å². The van der Waals surface area contributed by atoms with Crippen LogP contribution in [0, 0.1) is 0 Å². The van der Waals surface area contributed by atoms with Crippen molar-refractivity contribution >= 4 is 11.9 Å². The fourth-order valence-electron chi connectivity index (χ4n) is 0.372. The Morgan fingerprint density at radius 1 is 1.36 bits per heavy atom. The van der Waals surface area contributed by atoms with Gasteiger partial charge in [0.2, 0.25) is 0 Å². The van der Waals surface area contributed by atoms with Gasteiger partial charge < -0.3 is 24.9 Å². The maximum Gasteiger partial charge on any atom is 2.00 e. The fourth-order valence-corrected chi connectivity index (χ4v) is 0.372. The summed E-state index contributed by atoms with van der Waals surface area (Å²) in [7, 11) is 0. The molecule has 6 heteroatoms. The van der Waals surface area contributed by atoms with E-state index in [4.69, 9.17) is 5.11 Å². The van der Waals surface area contributed by atoms with Crippen LogP contribution in [-0.4, -0.2) is 23.1 Å². The van der Waals surface area contributed by atoms with Gasteiger partial charge in [-0.1, -0.05) is 0 Å².